The molecule has 1 aromatic rings. The number of carbonyl (C=O) groups is 1. The maximum Gasteiger partial charge on any atom is 0.178 e. The third kappa shape index (κ3) is 2.79. The van der Waals surface area contributed by atoms with E-state index in [-0.39, 0.29) is 22.9 Å². The molecule has 14 heavy (non-hydrogen) atoms. The van der Waals surface area contributed by atoms with Crippen LogP contribution in [0.2, 0.25) is 5.02 Å². The molecule has 0 fully saturated rings. The summed E-state index contributed by atoms with van der Waals surface area (Å²) in [6.07, 6.45) is 0. The molecule has 0 radical (unpaired) electrons. The number of Topliss-reactive ketones (excluding diaryl/α,β-unsaturated/α-hetero) is 1. The van der Waals surface area contributed by atoms with Crippen molar-refractivity contribution in [2.75, 3.05) is 13.1 Å². The Kier molecular flexibility index (Phi) is 4.04. The zero-order chi connectivity index (χ0) is 10.6. The first-order valence-corrected chi connectivity index (χ1v) is 4.72. The van der Waals surface area contributed by atoms with Gasteiger partial charge in [-0.25, -0.2) is 4.39 Å². The second-order valence-electron chi connectivity index (χ2n) is 2.83. The topological polar surface area (TPSA) is 29.1 Å². The number of hydrogen-bond acceptors (Lipinski definition) is 2. The Balaban J connectivity index is 2.83. The van der Waals surface area contributed by atoms with Crippen LogP contribution in [-0.4, -0.2) is 18.9 Å². The van der Waals surface area contributed by atoms with Gasteiger partial charge in [0.1, 0.15) is 5.82 Å². The molecule has 0 heterocycles. The number of rotatable bonds is 4. The van der Waals surface area contributed by atoms with Crippen LogP contribution in [0.1, 0.15) is 17.3 Å². The van der Waals surface area contributed by atoms with Crippen molar-refractivity contribution in [2.24, 2.45) is 0 Å². The molecule has 0 spiro atoms. The molecule has 2 nitrogen and oxygen atoms in total. The zero-order valence-electron chi connectivity index (χ0n) is 7.81. The van der Waals surface area contributed by atoms with Gasteiger partial charge in [-0.05, 0) is 24.7 Å². The van der Waals surface area contributed by atoms with Crippen molar-refractivity contribution in [1.29, 1.82) is 0 Å². The molecule has 4 heteroatoms. The van der Waals surface area contributed by atoms with Gasteiger partial charge in [-0.2, -0.15) is 0 Å². The Hall–Kier alpha value is -0.930. The molecule has 0 unspecified atom stereocenters. The predicted molar refractivity (Wildman–Crippen MR) is 54.3 cm³/mol. The van der Waals surface area contributed by atoms with E-state index < -0.39 is 5.82 Å². The van der Waals surface area contributed by atoms with Gasteiger partial charge in [0.2, 0.25) is 0 Å². The average molecular weight is 216 g/mol. The molecule has 0 amide bonds. The highest BCUT2D eigenvalue weighted by molar-refractivity contribution is 6.34. The van der Waals surface area contributed by atoms with Crippen LogP contribution in [0.4, 0.5) is 4.39 Å². The normalized spacial score (nSPS) is 10.2. The minimum Gasteiger partial charge on any atom is -0.310 e. The smallest absolute Gasteiger partial charge is 0.178 e. The maximum absolute atomic E-state index is 12.8. The van der Waals surface area contributed by atoms with Crippen LogP contribution < -0.4 is 5.32 Å². The average Bonchev–Trinajstić information content (AvgIpc) is 2.18. The fourth-order valence-corrected chi connectivity index (χ4v) is 1.27. The lowest BCUT2D eigenvalue weighted by Crippen LogP contribution is -2.22. The molecule has 0 aliphatic carbocycles. The van der Waals surface area contributed by atoms with Crippen LogP contribution in [0.5, 0.6) is 0 Å². The van der Waals surface area contributed by atoms with E-state index in [4.69, 9.17) is 11.6 Å². The van der Waals surface area contributed by atoms with E-state index in [2.05, 4.69) is 5.32 Å². The number of hydrogen-bond donors (Lipinski definition) is 1. The summed E-state index contributed by atoms with van der Waals surface area (Å²) in [5.74, 6) is -0.648. The number of halogens is 2. The monoisotopic (exact) mass is 215 g/mol. The number of nitrogens with one attached hydrogen (secondary N) is 1. The van der Waals surface area contributed by atoms with Crippen molar-refractivity contribution in [2.45, 2.75) is 6.92 Å². The molecule has 0 bridgehead atoms. The standard InChI is InChI=1S/C10H11ClFNO/c1-2-13-6-10(14)8-5-7(12)3-4-9(8)11/h3-5,13H,2,6H2,1H3. The van der Waals surface area contributed by atoms with Gasteiger partial charge in [0.25, 0.3) is 0 Å². The Labute approximate surface area is 87.1 Å². The predicted octanol–water partition coefficient (Wildman–Crippen LogP) is 2.27. The van der Waals surface area contributed by atoms with Gasteiger partial charge in [0.05, 0.1) is 11.6 Å². The Bertz CT molecular complexity index is 341. The van der Waals surface area contributed by atoms with Gasteiger partial charge in [-0.3, -0.25) is 4.79 Å². The number of carbonyl (C=O) groups excluding carboxylic acids is 1. The van der Waals surface area contributed by atoms with Crippen molar-refractivity contribution in [3.63, 3.8) is 0 Å². The quantitative estimate of drug-likeness (QED) is 0.781. The fourth-order valence-electron chi connectivity index (χ4n) is 1.04. The number of ketones is 1. The summed E-state index contributed by atoms with van der Waals surface area (Å²) >= 11 is 5.75. The summed E-state index contributed by atoms with van der Waals surface area (Å²) < 4.78 is 12.8. The molecule has 0 saturated heterocycles. The lowest BCUT2D eigenvalue weighted by Gasteiger charge is -2.03. The SMILES string of the molecule is CCNCC(=O)c1cc(F)ccc1Cl. The second-order valence-corrected chi connectivity index (χ2v) is 3.23. The summed E-state index contributed by atoms with van der Waals surface area (Å²) in [7, 11) is 0. The highest BCUT2D eigenvalue weighted by Crippen LogP contribution is 2.17. The molecule has 0 saturated carbocycles. The third-order valence-corrected chi connectivity index (χ3v) is 2.09. The van der Waals surface area contributed by atoms with Crippen molar-refractivity contribution in [3.05, 3.63) is 34.6 Å². The summed E-state index contributed by atoms with van der Waals surface area (Å²) in [6, 6.07) is 3.77. The van der Waals surface area contributed by atoms with Gasteiger partial charge >= 0.3 is 0 Å². The molecule has 0 aromatic heterocycles. The van der Waals surface area contributed by atoms with E-state index >= 15 is 0 Å². The second kappa shape index (κ2) is 5.08. The van der Waals surface area contributed by atoms with E-state index in [1.165, 1.54) is 12.1 Å². The van der Waals surface area contributed by atoms with Crippen LogP contribution in [-0.2, 0) is 0 Å². The molecule has 0 atom stereocenters. The van der Waals surface area contributed by atoms with E-state index in [0.717, 1.165) is 6.07 Å². The minimum absolute atomic E-state index is 0.180. The zero-order valence-corrected chi connectivity index (χ0v) is 8.57. The molecule has 76 valence electrons. The van der Waals surface area contributed by atoms with Crippen molar-refractivity contribution < 1.29 is 9.18 Å². The molecule has 1 aromatic carbocycles. The van der Waals surface area contributed by atoms with Crippen molar-refractivity contribution in [3.8, 4) is 0 Å². The van der Waals surface area contributed by atoms with E-state index in [1.807, 2.05) is 6.92 Å². The molecule has 1 rings (SSSR count). The molecular formula is C10H11ClFNO. The molecule has 1 N–H and O–H groups in total. The number of benzene rings is 1. The van der Waals surface area contributed by atoms with E-state index in [0.29, 0.717) is 6.54 Å². The van der Waals surface area contributed by atoms with Crippen LogP contribution >= 0.6 is 11.6 Å². The van der Waals surface area contributed by atoms with E-state index in [9.17, 15) is 9.18 Å². The van der Waals surface area contributed by atoms with E-state index in [1.54, 1.807) is 0 Å². The fraction of sp³-hybridized carbons (Fsp3) is 0.300. The summed E-state index contributed by atoms with van der Waals surface area (Å²) in [6.45, 7) is 2.76. The van der Waals surface area contributed by atoms with Crippen LogP contribution in [0.15, 0.2) is 18.2 Å². The Morgan fingerprint density at radius 1 is 1.57 bits per heavy atom. The van der Waals surface area contributed by atoms with Crippen molar-refractivity contribution in [1.82, 2.24) is 5.32 Å². The first-order valence-electron chi connectivity index (χ1n) is 4.34. The third-order valence-electron chi connectivity index (χ3n) is 1.76. The Morgan fingerprint density at radius 3 is 2.93 bits per heavy atom. The van der Waals surface area contributed by atoms with Crippen LogP contribution in [0, 0.1) is 5.82 Å². The number of likely N-dealkylation sites (N-methyl/N-ethyl adjacent to an activating group) is 1. The largest absolute Gasteiger partial charge is 0.310 e. The summed E-state index contributed by atoms with van der Waals surface area (Å²) in [5, 5.41) is 3.15. The summed E-state index contributed by atoms with van der Waals surface area (Å²) in [4.78, 5) is 11.5. The van der Waals surface area contributed by atoms with Crippen molar-refractivity contribution >= 4 is 17.4 Å². The van der Waals surface area contributed by atoms with Gasteiger partial charge in [-0.1, -0.05) is 18.5 Å². The first-order chi connectivity index (χ1) is 6.65. The molecule has 0 aliphatic rings. The Morgan fingerprint density at radius 2 is 2.29 bits per heavy atom. The van der Waals surface area contributed by atoms with Gasteiger partial charge < -0.3 is 5.32 Å². The highest BCUT2D eigenvalue weighted by atomic mass is 35.5. The first kappa shape index (κ1) is 11.1. The van der Waals surface area contributed by atoms with Crippen LogP contribution in [0.25, 0.3) is 0 Å². The van der Waals surface area contributed by atoms with Gasteiger partial charge in [0, 0.05) is 5.56 Å². The van der Waals surface area contributed by atoms with Gasteiger partial charge in [0.15, 0.2) is 5.78 Å². The highest BCUT2D eigenvalue weighted by Gasteiger charge is 2.10. The maximum atomic E-state index is 12.8. The lowest BCUT2D eigenvalue weighted by atomic mass is 10.1. The molecular weight excluding hydrogens is 205 g/mol. The summed E-state index contributed by atoms with van der Waals surface area (Å²) in [5.41, 5.74) is 0.229. The van der Waals surface area contributed by atoms with Gasteiger partial charge in [-0.15, -0.1) is 0 Å². The molecule has 0 aliphatic heterocycles. The minimum atomic E-state index is -0.450. The lowest BCUT2D eigenvalue weighted by molar-refractivity contribution is 0.0991. The van der Waals surface area contributed by atoms with Crippen LogP contribution in [0.3, 0.4) is 0 Å².